The van der Waals surface area contributed by atoms with Crippen LogP contribution in [0, 0.1) is 6.92 Å². The van der Waals surface area contributed by atoms with Crippen molar-refractivity contribution in [3.8, 4) is 5.75 Å². The Labute approximate surface area is 137 Å². The first kappa shape index (κ1) is 15.9. The average Bonchev–Trinajstić information content (AvgIpc) is 2.45. The number of nitrogens with one attached hydrogen (secondary N) is 1. The quantitative estimate of drug-likeness (QED) is 0.862. The van der Waals surface area contributed by atoms with E-state index in [9.17, 15) is 4.79 Å². The number of carbonyl (C=O) groups excluding carboxylic acids is 1. The SMILES string of the molecule is Cc1ccccc1CNC(=O)COc1ccc(Br)cc1Cl. The van der Waals surface area contributed by atoms with E-state index < -0.39 is 0 Å². The Hall–Kier alpha value is -1.52. The maximum absolute atomic E-state index is 11.8. The fraction of sp³-hybridized carbons (Fsp3) is 0.188. The van der Waals surface area contributed by atoms with Crippen LogP contribution in [0.15, 0.2) is 46.9 Å². The van der Waals surface area contributed by atoms with Crippen LogP contribution in [-0.4, -0.2) is 12.5 Å². The predicted molar refractivity (Wildman–Crippen MR) is 87.7 cm³/mol. The molecule has 5 heteroatoms. The first-order valence-electron chi connectivity index (χ1n) is 6.45. The minimum Gasteiger partial charge on any atom is -0.482 e. The lowest BCUT2D eigenvalue weighted by molar-refractivity contribution is -0.123. The van der Waals surface area contributed by atoms with Gasteiger partial charge in [0, 0.05) is 11.0 Å². The van der Waals surface area contributed by atoms with Crippen LogP contribution in [-0.2, 0) is 11.3 Å². The zero-order chi connectivity index (χ0) is 15.2. The van der Waals surface area contributed by atoms with Crippen molar-refractivity contribution in [3.63, 3.8) is 0 Å². The van der Waals surface area contributed by atoms with E-state index in [0.717, 1.165) is 15.6 Å². The number of aryl methyl sites for hydroxylation is 1. The summed E-state index contributed by atoms with van der Waals surface area (Å²) >= 11 is 9.33. The molecule has 0 atom stereocenters. The maximum atomic E-state index is 11.8. The Morgan fingerprint density at radius 3 is 2.76 bits per heavy atom. The first-order chi connectivity index (χ1) is 10.1. The highest BCUT2D eigenvalue weighted by Gasteiger charge is 2.07. The van der Waals surface area contributed by atoms with Crippen molar-refractivity contribution in [1.82, 2.24) is 5.32 Å². The minimum atomic E-state index is -0.183. The minimum absolute atomic E-state index is 0.0623. The van der Waals surface area contributed by atoms with Gasteiger partial charge in [-0.3, -0.25) is 4.79 Å². The lowest BCUT2D eigenvalue weighted by Gasteiger charge is -2.10. The largest absolute Gasteiger partial charge is 0.482 e. The summed E-state index contributed by atoms with van der Waals surface area (Å²) in [5.41, 5.74) is 2.24. The number of carbonyl (C=O) groups is 1. The Morgan fingerprint density at radius 1 is 1.29 bits per heavy atom. The number of halogens is 2. The first-order valence-corrected chi connectivity index (χ1v) is 7.62. The summed E-state index contributed by atoms with van der Waals surface area (Å²) in [5, 5.41) is 3.29. The molecule has 110 valence electrons. The summed E-state index contributed by atoms with van der Waals surface area (Å²) < 4.78 is 6.27. The van der Waals surface area contributed by atoms with Crippen LogP contribution in [0.4, 0.5) is 0 Å². The lowest BCUT2D eigenvalue weighted by Crippen LogP contribution is -2.28. The van der Waals surface area contributed by atoms with Crippen LogP contribution < -0.4 is 10.1 Å². The van der Waals surface area contributed by atoms with Crippen LogP contribution in [0.2, 0.25) is 5.02 Å². The van der Waals surface area contributed by atoms with Gasteiger partial charge in [0.25, 0.3) is 5.91 Å². The maximum Gasteiger partial charge on any atom is 0.258 e. The molecule has 1 N–H and O–H groups in total. The van der Waals surface area contributed by atoms with E-state index in [2.05, 4.69) is 21.2 Å². The van der Waals surface area contributed by atoms with Crippen LogP contribution in [0.3, 0.4) is 0 Å². The second kappa shape index (κ2) is 7.48. The van der Waals surface area contributed by atoms with Gasteiger partial charge in [0.2, 0.25) is 0 Å². The van der Waals surface area contributed by atoms with Crippen LogP contribution >= 0.6 is 27.5 Å². The van der Waals surface area contributed by atoms with Crippen molar-refractivity contribution in [2.75, 3.05) is 6.61 Å². The normalized spacial score (nSPS) is 10.2. The standard InChI is InChI=1S/C16H15BrClNO2/c1-11-4-2-3-5-12(11)9-19-16(20)10-21-15-7-6-13(17)8-14(15)18/h2-8H,9-10H2,1H3,(H,19,20). The smallest absolute Gasteiger partial charge is 0.258 e. The third kappa shape index (κ3) is 4.76. The van der Waals surface area contributed by atoms with Gasteiger partial charge >= 0.3 is 0 Å². The summed E-state index contributed by atoms with van der Waals surface area (Å²) in [7, 11) is 0. The second-order valence-electron chi connectivity index (χ2n) is 4.57. The highest BCUT2D eigenvalue weighted by molar-refractivity contribution is 9.10. The van der Waals surface area contributed by atoms with Crippen molar-refractivity contribution in [2.45, 2.75) is 13.5 Å². The Kier molecular flexibility index (Phi) is 5.65. The molecule has 2 aromatic rings. The van der Waals surface area contributed by atoms with Crippen molar-refractivity contribution in [2.24, 2.45) is 0 Å². The Morgan fingerprint density at radius 2 is 2.05 bits per heavy atom. The van der Waals surface area contributed by atoms with Gasteiger partial charge in [0.1, 0.15) is 5.75 Å². The van der Waals surface area contributed by atoms with E-state index in [1.54, 1.807) is 12.1 Å². The molecule has 0 spiro atoms. The molecule has 0 fully saturated rings. The van der Waals surface area contributed by atoms with Crippen molar-refractivity contribution >= 4 is 33.4 Å². The number of hydrogen-bond donors (Lipinski definition) is 1. The molecule has 0 bridgehead atoms. The van der Waals surface area contributed by atoms with Crippen LogP contribution in [0.5, 0.6) is 5.75 Å². The van der Waals surface area contributed by atoms with E-state index in [1.165, 1.54) is 0 Å². The second-order valence-corrected chi connectivity index (χ2v) is 5.89. The van der Waals surface area contributed by atoms with Gasteiger partial charge in [0.05, 0.1) is 5.02 Å². The summed E-state index contributed by atoms with van der Waals surface area (Å²) in [6.07, 6.45) is 0. The van der Waals surface area contributed by atoms with Gasteiger partial charge in [-0.25, -0.2) is 0 Å². The summed E-state index contributed by atoms with van der Waals surface area (Å²) in [5.74, 6) is 0.308. The zero-order valence-electron chi connectivity index (χ0n) is 11.5. The number of rotatable bonds is 5. The average molecular weight is 369 g/mol. The van der Waals surface area contributed by atoms with Crippen LogP contribution in [0.1, 0.15) is 11.1 Å². The molecule has 1 amide bonds. The molecule has 3 nitrogen and oxygen atoms in total. The van der Waals surface area contributed by atoms with E-state index in [-0.39, 0.29) is 12.5 Å². The topological polar surface area (TPSA) is 38.3 Å². The molecule has 21 heavy (non-hydrogen) atoms. The van der Waals surface area contributed by atoms with Crippen molar-refractivity contribution in [1.29, 1.82) is 0 Å². The fourth-order valence-corrected chi connectivity index (χ4v) is 2.52. The van der Waals surface area contributed by atoms with E-state index in [1.807, 2.05) is 37.3 Å². The highest BCUT2D eigenvalue weighted by Crippen LogP contribution is 2.27. The molecule has 0 aliphatic carbocycles. The zero-order valence-corrected chi connectivity index (χ0v) is 13.9. The molecule has 0 heterocycles. The molecule has 2 rings (SSSR count). The van der Waals surface area contributed by atoms with Crippen molar-refractivity contribution in [3.05, 3.63) is 63.1 Å². The third-order valence-electron chi connectivity index (χ3n) is 2.99. The molecule has 0 saturated carbocycles. The highest BCUT2D eigenvalue weighted by atomic mass is 79.9. The van der Waals surface area contributed by atoms with Gasteiger partial charge in [-0.2, -0.15) is 0 Å². The molecule has 0 unspecified atom stereocenters. The summed E-state index contributed by atoms with van der Waals surface area (Å²) in [6, 6.07) is 13.2. The molecule has 0 aliphatic heterocycles. The molecule has 0 aromatic heterocycles. The number of ether oxygens (including phenoxy) is 1. The number of amides is 1. The van der Waals surface area contributed by atoms with Gasteiger partial charge in [-0.1, -0.05) is 51.8 Å². The molecule has 0 aliphatic rings. The van der Waals surface area contributed by atoms with Gasteiger partial charge < -0.3 is 10.1 Å². The summed E-state index contributed by atoms with van der Waals surface area (Å²) in [6.45, 7) is 2.44. The molecular weight excluding hydrogens is 354 g/mol. The molecular formula is C16H15BrClNO2. The van der Waals surface area contributed by atoms with Crippen LogP contribution in [0.25, 0.3) is 0 Å². The Balaban J connectivity index is 1.84. The number of benzene rings is 2. The fourth-order valence-electron chi connectivity index (χ4n) is 1.79. The molecule has 2 aromatic carbocycles. The van der Waals surface area contributed by atoms with Gasteiger partial charge in [0.15, 0.2) is 6.61 Å². The van der Waals surface area contributed by atoms with Crippen molar-refractivity contribution < 1.29 is 9.53 Å². The molecule has 0 saturated heterocycles. The van der Waals surface area contributed by atoms with Gasteiger partial charge in [-0.05, 0) is 36.2 Å². The van der Waals surface area contributed by atoms with E-state index in [4.69, 9.17) is 16.3 Å². The lowest BCUT2D eigenvalue weighted by atomic mass is 10.1. The van der Waals surface area contributed by atoms with E-state index in [0.29, 0.717) is 17.3 Å². The number of hydrogen-bond acceptors (Lipinski definition) is 2. The third-order valence-corrected chi connectivity index (χ3v) is 3.78. The van der Waals surface area contributed by atoms with Gasteiger partial charge in [-0.15, -0.1) is 0 Å². The molecule has 0 radical (unpaired) electrons. The monoisotopic (exact) mass is 367 g/mol. The Bertz CT molecular complexity index is 646. The predicted octanol–water partition coefficient (Wildman–Crippen LogP) is 4.11. The summed E-state index contributed by atoms with van der Waals surface area (Å²) in [4.78, 5) is 11.8. The van der Waals surface area contributed by atoms with E-state index >= 15 is 0 Å².